The highest BCUT2D eigenvalue weighted by atomic mass is 16.1. The molecule has 150 valence electrons. The summed E-state index contributed by atoms with van der Waals surface area (Å²) in [4.78, 5) is 17.3. The van der Waals surface area contributed by atoms with Gasteiger partial charge in [-0.1, -0.05) is 31.4 Å². The molecule has 1 unspecified atom stereocenters. The molecular formula is C22H31N5O. The Kier molecular flexibility index (Phi) is 5.95. The summed E-state index contributed by atoms with van der Waals surface area (Å²) in [5.41, 5.74) is 8.11. The number of hydrogen-bond donors (Lipinski definition) is 3. The van der Waals surface area contributed by atoms with Gasteiger partial charge in [-0.2, -0.15) is 0 Å². The van der Waals surface area contributed by atoms with E-state index in [0.717, 1.165) is 36.4 Å². The van der Waals surface area contributed by atoms with Gasteiger partial charge in [-0.15, -0.1) is 0 Å². The Morgan fingerprint density at radius 2 is 2.07 bits per heavy atom. The lowest BCUT2D eigenvalue weighted by Crippen LogP contribution is -2.29. The molecule has 1 fully saturated rings. The summed E-state index contributed by atoms with van der Waals surface area (Å²) in [7, 11) is 0. The van der Waals surface area contributed by atoms with Crippen LogP contribution in [-0.4, -0.2) is 34.4 Å². The molecule has 0 aromatic carbocycles. The summed E-state index contributed by atoms with van der Waals surface area (Å²) in [6, 6.07) is 4.27. The van der Waals surface area contributed by atoms with E-state index < -0.39 is 0 Å². The normalized spacial score (nSPS) is 20.4. The number of rotatable bonds is 6. The maximum absolute atomic E-state index is 12.3. The Labute approximate surface area is 166 Å². The van der Waals surface area contributed by atoms with Gasteiger partial charge in [-0.3, -0.25) is 9.20 Å². The molecule has 28 heavy (non-hydrogen) atoms. The van der Waals surface area contributed by atoms with Crippen LogP contribution in [0.5, 0.6) is 0 Å². The summed E-state index contributed by atoms with van der Waals surface area (Å²) in [6.07, 6.45) is 16.1. The van der Waals surface area contributed by atoms with E-state index >= 15 is 0 Å². The predicted octanol–water partition coefficient (Wildman–Crippen LogP) is 3.59. The van der Waals surface area contributed by atoms with E-state index in [2.05, 4.69) is 27.2 Å². The highest BCUT2D eigenvalue weighted by Gasteiger charge is 2.24. The van der Waals surface area contributed by atoms with E-state index in [1.54, 1.807) is 0 Å². The monoisotopic (exact) mass is 381 g/mol. The van der Waals surface area contributed by atoms with Gasteiger partial charge >= 0.3 is 0 Å². The molecule has 1 atom stereocenters. The number of fused-ring (bicyclic) bond motifs is 1. The van der Waals surface area contributed by atoms with Crippen LogP contribution in [0, 0.1) is 0 Å². The third-order valence-corrected chi connectivity index (χ3v) is 5.95. The highest BCUT2D eigenvalue weighted by molar-refractivity contribution is 5.95. The van der Waals surface area contributed by atoms with Crippen molar-refractivity contribution in [2.75, 3.05) is 18.4 Å². The molecule has 0 spiro atoms. The number of nitrogens with two attached hydrogens (primary N) is 1. The van der Waals surface area contributed by atoms with Crippen LogP contribution >= 0.6 is 0 Å². The molecule has 1 saturated carbocycles. The number of nitrogens with one attached hydrogen (secondary N) is 2. The van der Waals surface area contributed by atoms with Crippen molar-refractivity contribution in [1.82, 2.24) is 14.7 Å². The molecule has 0 bridgehead atoms. The average Bonchev–Trinajstić information content (AvgIpc) is 3.11. The number of anilines is 1. The fraction of sp³-hybridized carbons (Fsp3) is 0.545. The molecule has 1 amide bonds. The molecule has 4 rings (SSSR count). The van der Waals surface area contributed by atoms with E-state index in [0.29, 0.717) is 30.6 Å². The van der Waals surface area contributed by atoms with Crippen LogP contribution in [0.25, 0.3) is 5.65 Å². The van der Waals surface area contributed by atoms with Crippen molar-refractivity contribution in [3.8, 4) is 0 Å². The lowest BCUT2D eigenvalue weighted by molar-refractivity contribution is 0.0954. The van der Waals surface area contributed by atoms with Crippen molar-refractivity contribution in [3.63, 3.8) is 0 Å². The number of aromatic nitrogens is 2. The molecular weight excluding hydrogens is 350 g/mol. The minimum atomic E-state index is -0.0973. The van der Waals surface area contributed by atoms with E-state index in [9.17, 15) is 4.79 Å². The van der Waals surface area contributed by atoms with Gasteiger partial charge in [0.25, 0.3) is 5.91 Å². The van der Waals surface area contributed by atoms with Crippen molar-refractivity contribution in [3.05, 3.63) is 41.7 Å². The second-order valence-corrected chi connectivity index (χ2v) is 7.99. The number of hydrogen-bond acceptors (Lipinski definition) is 4. The van der Waals surface area contributed by atoms with Crippen molar-refractivity contribution < 1.29 is 4.79 Å². The van der Waals surface area contributed by atoms with Gasteiger partial charge in [-0.05, 0) is 44.2 Å². The zero-order chi connectivity index (χ0) is 19.3. The van der Waals surface area contributed by atoms with Crippen molar-refractivity contribution in [1.29, 1.82) is 0 Å². The fourth-order valence-corrected chi connectivity index (χ4v) is 4.40. The molecule has 0 aliphatic heterocycles. The fourth-order valence-electron chi connectivity index (χ4n) is 4.40. The van der Waals surface area contributed by atoms with E-state index in [1.807, 2.05) is 18.3 Å². The molecule has 0 saturated heterocycles. The van der Waals surface area contributed by atoms with Gasteiger partial charge in [0.15, 0.2) is 0 Å². The van der Waals surface area contributed by atoms with Crippen molar-refractivity contribution in [2.45, 2.75) is 63.3 Å². The first-order valence-corrected chi connectivity index (χ1v) is 10.7. The van der Waals surface area contributed by atoms with Gasteiger partial charge in [-0.25, -0.2) is 4.98 Å². The summed E-state index contributed by atoms with van der Waals surface area (Å²) in [6.45, 7) is 0.915. The lowest BCUT2D eigenvalue weighted by Gasteiger charge is -2.25. The summed E-state index contributed by atoms with van der Waals surface area (Å²) >= 11 is 0. The van der Waals surface area contributed by atoms with Gasteiger partial charge in [0.1, 0.15) is 11.5 Å². The van der Waals surface area contributed by atoms with Gasteiger partial charge < -0.3 is 16.4 Å². The van der Waals surface area contributed by atoms with E-state index in [-0.39, 0.29) is 5.91 Å². The number of imidazole rings is 1. The Bertz CT molecular complexity index is 850. The van der Waals surface area contributed by atoms with Crippen LogP contribution in [0.4, 0.5) is 5.82 Å². The molecule has 2 aliphatic carbocycles. The maximum Gasteiger partial charge on any atom is 0.251 e. The van der Waals surface area contributed by atoms with Crippen LogP contribution in [-0.2, 0) is 0 Å². The molecule has 2 aromatic heterocycles. The minimum absolute atomic E-state index is 0.0973. The predicted molar refractivity (Wildman–Crippen MR) is 113 cm³/mol. The van der Waals surface area contributed by atoms with Gasteiger partial charge in [0.05, 0.1) is 5.69 Å². The standard InChI is InChI=1S/C22H31N5O/c23-12-13-24-22(28)17-11-14-27-19(15-17)26-20(16-7-3-1-4-8-16)21(27)25-18-9-5-2-6-10-18/h1,3,11,14-16,18,25H,2,4-10,12-13,23H2,(H,24,28). The zero-order valence-corrected chi connectivity index (χ0v) is 16.5. The van der Waals surface area contributed by atoms with Crippen LogP contribution in [0.3, 0.4) is 0 Å². The van der Waals surface area contributed by atoms with Crippen LogP contribution in [0.2, 0.25) is 0 Å². The summed E-state index contributed by atoms with van der Waals surface area (Å²) < 4.78 is 2.13. The number of allylic oxidation sites excluding steroid dienone is 2. The number of carbonyl (C=O) groups is 1. The average molecular weight is 382 g/mol. The molecule has 2 heterocycles. The lowest BCUT2D eigenvalue weighted by atomic mass is 9.91. The topological polar surface area (TPSA) is 84.5 Å². The summed E-state index contributed by atoms with van der Waals surface area (Å²) in [5, 5.41) is 6.65. The number of carbonyl (C=O) groups excluding carboxylic acids is 1. The quantitative estimate of drug-likeness (QED) is 0.668. The molecule has 2 aliphatic rings. The Balaban J connectivity index is 1.68. The summed E-state index contributed by atoms with van der Waals surface area (Å²) in [5.74, 6) is 1.46. The third kappa shape index (κ3) is 4.07. The zero-order valence-electron chi connectivity index (χ0n) is 16.5. The van der Waals surface area contributed by atoms with Crippen LogP contribution in [0.1, 0.15) is 73.3 Å². The SMILES string of the molecule is NCCNC(=O)c1ccn2c(NC3CCCCC3)c(C3CC=CCC3)nc2c1. The smallest absolute Gasteiger partial charge is 0.251 e. The molecule has 4 N–H and O–H groups in total. The first-order valence-electron chi connectivity index (χ1n) is 10.7. The highest BCUT2D eigenvalue weighted by Crippen LogP contribution is 2.35. The van der Waals surface area contributed by atoms with Crippen molar-refractivity contribution in [2.24, 2.45) is 5.73 Å². The number of nitrogens with zero attached hydrogens (tertiary/aromatic N) is 2. The van der Waals surface area contributed by atoms with Crippen LogP contribution < -0.4 is 16.4 Å². The molecule has 2 aromatic rings. The molecule has 6 heteroatoms. The number of pyridine rings is 1. The minimum Gasteiger partial charge on any atom is -0.367 e. The van der Waals surface area contributed by atoms with E-state index in [1.165, 1.54) is 32.1 Å². The molecule has 6 nitrogen and oxygen atoms in total. The first-order chi connectivity index (χ1) is 13.8. The molecule has 0 radical (unpaired) electrons. The first kappa shape index (κ1) is 19.0. The second-order valence-electron chi connectivity index (χ2n) is 7.99. The third-order valence-electron chi connectivity index (χ3n) is 5.95. The number of amides is 1. The van der Waals surface area contributed by atoms with Crippen LogP contribution in [0.15, 0.2) is 30.5 Å². The Hall–Kier alpha value is -2.34. The van der Waals surface area contributed by atoms with Crippen molar-refractivity contribution >= 4 is 17.4 Å². The Morgan fingerprint density at radius 3 is 2.82 bits per heavy atom. The Morgan fingerprint density at radius 1 is 1.21 bits per heavy atom. The van der Waals surface area contributed by atoms with Gasteiger partial charge in [0, 0.05) is 36.8 Å². The largest absolute Gasteiger partial charge is 0.367 e. The van der Waals surface area contributed by atoms with Gasteiger partial charge in [0.2, 0.25) is 0 Å². The maximum atomic E-state index is 12.3. The second kappa shape index (κ2) is 8.78. The van der Waals surface area contributed by atoms with E-state index in [4.69, 9.17) is 10.7 Å².